The Bertz CT molecular complexity index is 1120. The predicted molar refractivity (Wildman–Crippen MR) is 125 cm³/mol. The van der Waals surface area contributed by atoms with Crippen LogP contribution in [0.4, 0.5) is 11.4 Å². The number of nitrogens with one attached hydrogen (secondary N) is 3. The SMILES string of the molecule is Cc1ccc(NC(=O)c2ccccc2NC(=S)NC(=O)c2ccccc2C)cc1C. The number of carbonyl (C=O) groups excluding carboxylic acids is 2. The Kier molecular flexibility index (Phi) is 6.59. The first-order chi connectivity index (χ1) is 14.3. The lowest BCUT2D eigenvalue weighted by Gasteiger charge is -2.14. The van der Waals surface area contributed by atoms with Gasteiger partial charge in [0.2, 0.25) is 0 Å². The Morgan fingerprint density at radius 3 is 2.07 bits per heavy atom. The molecule has 0 aliphatic rings. The van der Waals surface area contributed by atoms with Gasteiger partial charge in [0.15, 0.2) is 5.11 Å². The number of anilines is 2. The van der Waals surface area contributed by atoms with Gasteiger partial charge < -0.3 is 10.6 Å². The highest BCUT2D eigenvalue weighted by atomic mass is 32.1. The standard InChI is InChI=1S/C24H23N3O2S/c1-15-12-13-18(14-17(15)3)25-23(29)20-10-6-7-11-21(20)26-24(30)27-22(28)19-9-5-4-8-16(19)2/h4-14H,1-3H3,(H,25,29)(H2,26,27,28,30). The third-order valence-electron chi connectivity index (χ3n) is 4.80. The van der Waals surface area contributed by atoms with Crippen molar-refractivity contribution in [3.8, 4) is 0 Å². The lowest BCUT2D eigenvalue weighted by atomic mass is 10.1. The molecular formula is C24H23N3O2S. The predicted octanol–water partition coefficient (Wildman–Crippen LogP) is 4.99. The maximum atomic E-state index is 12.8. The number of hydrogen-bond acceptors (Lipinski definition) is 3. The van der Waals surface area contributed by atoms with Gasteiger partial charge in [0.25, 0.3) is 11.8 Å². The van der Waals surface area contributed by atoms with Crippen LogP contribution in [0.3, 0.4) is 0 Å². The van der Waals surface area contributed by atoms with Crippen molar-refractivity contribution in [1.29, 1.82) is 0 Å². The summed E-state index contributed by atoms with van der Waals surface area (Å²) in [6.45, 7) is 5.88. The second-order valence-corrected chi connectivity index (χ2v) is 7.43. The van der Waals surface area contributed by atoms with Gasteiger partial charge in [0, 0.05) is 11.3 Å². The molecule has 152 valence electrons. The third kappa shape index (κ3) is 5.10. The number of benzene rings is 3. The lowest BCUT2D eigenvalue weighted by molar-refractivity contribution is 0.0976. The summed E-state index contributed by atoms with van der Waals surface area (Å²) in [5.41, 5.74) is 5.29. The molecule has 0 aliphatic carbocycles. The minimum atomic E-state index is -0.303. The largest absolute Gasteiger partial charge is 0.332 e. The van der Waals surface area contributed by atoms with Crippen molar-refractivity contribution in [2.45, 2.75) is 20.8 Å². The molecule has 0 heterocycles. The van der Waals surface area contributed by atoms with E-state index in [0.717, 1.165) is 16.7 Å². The average molecular weight is 418 g/mol. The molecule has 0 atom stereocenters. The molecular weight excluding hydrogens is 394 g/mol. The Labute approximate surface area is 181 Å². The molecule has 0 unspecified atom stereocenters. The van der Waals surface area contributed by atoms with E-state index in [2.05, 4.69) is 16.0 Å². The van der Waals surface area contributed by atoms with Gasteiger partial charge in [-0.15, -0.1) is 0 Å². The van der Waals surface area contributed by atoms with Crippen LogP contribution in [0.2, 0.25) is 0 Å². The zero-order valence-electron chi connectivity index (χ0n) is 17.1. The summed E-state index contributed by atoms with van der Waals surface area (Å²) in [6, 6.07) is 20.0. The van der Waals surface area contributed by atoms with Gasteiger partial charge in [-0.2, -0.15) is 0 Å². The van der Waals surface area contributed by atoms with Crippen LogP contribution in [-0.4, -0.2) is 16.9 Å². The van der Waals surface area contributed by atoms with Gasteiger partial charge in [0.05, 0.1) is 11.3 Å². The molecule has 0 aliphatic heterocycles. The molecule has 6 heteroatoms. The highest BCUT2D eigenvalue weighted by Crippen LogP contribution is 2.19. The molecule has 0 spiro atoms. The Morgan fingerprint density at radius 2 is 1.37 bits per heavy atom. The molecule has 0 bridgehead atoms. The minimum Gasteiger partial charge on any atom is -0.332 e. The number of hydrogen-bond donors (Lipinski definition) is 3. The summed E-state index contributed by atoms with van der Waals surface area (Å²) in [6.07, 6.45) is 0. The van der Waals surface area contributed by atoms with Crippen LogP contribution >= 0.6 is 12.2 Å². The van der Waals surface area contributed by atoms with Crippen molar-refractivity contribution in [3.63, 3.8) is 0 Å². The molecule has 2 amide bonds. The molecule has 0 saturated heterocycles. The van der Waals surface area contributed by atoms with Gasteiger partial charge in [-0.25, -0.2) is 0 Å². The van der Waals surface area contributed by atoms with Crippen molar-refractivity contribution in [2.75, 3.05) is 10.6 Å². The number of carbonyl (C=O) groups is 2. The van der Waals surface area contributed by atoms with Crippen molar-refractivity contribution in [3.05, 3.63) is 94.5 Å². The summed E-state index contributed by atoms with van der Waals surface area (Å²) in [4.78, 5) is 25.3. The third-order valence-corrected chi connectivity index (χ3v) is 5.01. The molecule has 3 rings (SSSR count). The molecule has 3 aromatic rings. The maximum absolute atomic E-state index is 12.8. The van der Waals surface area contributed by atoms with Gasteiger partial charge in [-0.05, 0) is 80.0 Å². The van der Waals surface area contributed by atoms with Crippen LogP contribution in [0.15, 0.2) is 66.7 Å². The molecule has 0 radical (unpaired) electrons. The van der Waals surface area contributed by atoms with Crippen molar-refractivity contribution in [2.24, 2.45) is 0 Å². The normalized spacial score (nSPS) is 10.2. The number of thiocarbonyl (C=S) groups is 1. The van der Waals surface area contributed by atoms with Crippen LogP contribution in [-0.2, 0) is 0 Å². The number of amides is 2. The van der Waals surface area contributed by atoms with Crippen LogP contribution in [0.1, 0.15) is 37.4 Å². The first-order valence-corrected chi connectivity index (χ1v) is 9.91. The van der Waals surface area contributed by atoms with Gasteiger partial charge >= 0.3 is 0 Å². The first kappa shape index (κ1) is 21.2. The number of aryl methyl sites for hydroxylation is 3. The van der Waals surface area contributed by atoms with E-state index in [1.807, 2.05) is 51.1 Å². The fraction of sp³-hybridized carbons (Fsp3) is 0.125. The Balaban J connectivity index is 1.72. The monoisotopic (exact) mass is 417 g/mol. The van der Waals surface area contributed by atoms with Crippen LogP contribution in [0.5, 0.6) is 0 Å². The fourth-order valence-electron chi connectivity index (χ4n) is 2.96. The van der Waals surface area contributed by atoms with Crippen LogP contribution in [0, 0.1) is 20.8 Å². The van der Waals surface area contributed by atoms with E-state index in [9.17, 15) is 9.59 Å². The molecule has 30 heavy (non-hydrogen) atoms. The quantitative estimate of drug-likeness (QED) is 0.523. The smallest absolute Gasteiger partial charge is 0.257 e. The summed E-state index contributed by atoms with van der Waals surface area (Å²) < 4.78 is 0. The zero-order chi connectivity index (χ0) is 21.7. The second-order valence-electron chi connectivity index (χ2n) is 7.02. The van der Waals surface area contributed by atoms with Gasteiger partial charge in [-0.1, -0.05) is 36.4 Å². The Hall–Kier alpha value is -3.51. The highest BCUT2D eigenvalue weighted by Gasteiger charge is 2.15. The van der Waals surface area contributed by atoms with Crippen LogP contribution in [0.25, 0.3) is 0 Å². The molecule has 3 aromatic carbocycles. The van der Waals surface area contributed by atoms with Gasteiger partial charge in [-0.3, -0.25) is 14.9 Å². The van der Waals surface area contributed by atoms with Crippen molar-refractivity contribution in [1.82, 2.24) is 5.32 Å². The first-order valence-electron chi connectivity index (χ1n) is 9.51. The van der Waals surface area contributed by atoms with Crippen molar-refractivity contribution < 1.29 is 9.59 Å². The Morgan fingerprint density at radius 1 is 0.700 bits per heavy atom. The molecule has 3 N–H and O–H groups in total. The van der Waals surface area contributed by atoms with Crippen LogP contribution < -0.4 is 16.0 Å². The number of para-hydroxylation sites is 1. The summed E-state index contributed by atoms with van der Waals surface area (Å²) in [7, 11) is 0. The average Bonchev–Trinajstić information content (AvgIpc) is 2.71. The van der Waals surface area contributed by atoms with E-state index in [0.29, 0.717) is 22.5 Å². The molecule has 5 nitrogen and oxygen atoms in total. The van der Waals surface area contributed by atoms with E-state index in [1.54, 1.807) is 36.4 Å². The van der Waals surface area contributed by atoms with E-state index in [-0.39, 0.29) is 16.9 Å². The highest BCUT2D eigenvalue weighted by molar-refractivity contribution is 7.80. The number of rotatable bonds is 4. The molecule has 0 fully saturated rings. The second kappa shape index (κ2) is 9.33. The van der Waals surface area contributed by atoms with Gasteiger partial charge in [0.1, 0.15) is 0 Å². The topological polar surface area (TPSA) is 70.2 Å². The van der Waals surface area contributed by atoms with E-state index in [4.69, 9.17) is 12.2 Å². The van der Waals surface area contributed by atoms with Crippen molar-refractivity contribution >= 4 is 40.5 Å². The summed E-state index contributed by atoms with van der Waals surface area (Å²) in [5.74, 6) is -0.572. The van der Waals surface area contributed by atoms with E-state index >= 15 is 0 Å². The maximum Gasteiger partial charge on any atom is 0.257 e. The minimum absolute atomic E-state index is 0.120. The zero-order valence-corrected chi connectivity index (χ0v) is 17.9. The summed E-state index contributed by atoms with van der Waals surface area (Å²) >= 11 is 5.29. The van der Waals surface area contributed by atoms with E-state index < -0.39 is 0 Å². The fourth-order valence-corrected chi connectivity index (χ4v) is 3.16. The molecule has 0 saturated carbocycles. The summed E-state index contributed by atoms with van der Waals surface area (Å²) in [5, 5.41) is 8.65. The molecule has 0 aromatic heterocycles. The van der Waals surface area contributed by atoms with E-state index in [1.165, 1.54) is 0 Å². The lowest BCUT2D eigenvalue weighted by Crippen LogP contribution is -2.35.